The number of aliphatic hydroxyl groups excluding tert-OH is 1. The lowest BCUT2D eigenvalue weighted by atomic mass is 9.54. The molecule has 2 N–H and O–H groups in total. The quantitative estimate of drug-likeness (QED) is 0.730. The van der Waals surface area contributed by atoms with Crippen molar-refractivity contribution in [1.29, 1.82) is 0 Å². The highest BCUT2D eigenvalue weighted by molar-refractivity contribution is 5.73. The molecule has 6 aliphatic rings. The van der Waals surface area contributed by atoms with E-state index in [1.165, 1.54) is 5.57 Å². The Labute approximate surface area is 136 Å². The Hall–Kier alpha value is -0.870. The number of hydrogen-bond donors (Lipinski definition) is 2. The molecule has 0 aromatic heterocycles. The second-order valence-corrected chi connectivity index (χ2v) is 8.98. The van der Waals surface area contributed by atoms with E-state index in [2.05, 4.69) is 13.5 Å². The maximum absolute atomic E-state index is 12.4. The number of rotatable bonds is 1. The molecule has 4 aliphatic carbocycles. The average molecular weight is 318 g/mol. The monoisotopic (exact) mass is 318 g/mol. The number of carbonyl (C=O) groups is 1. The van der Waals surface area contributed by atoms with Gasteiger partial charge in [0.2, 0.25) is 0 Å². The molecule has 2 saturated heterocycles. The van der Waals surface area contributed by atoms with Crippen LogP contribution in [0.15, 0.2) is 12.2 Å². The summed E-state index contributed by atoms with van der Waals surface area (Å²) in [7, 11) is 0. The van der Waals surface area contributed by atoms with E-state index >= 15 is 0 Å². The summed E-state index contributed by atoms with van der Waals surface area (Å²) in [5.74, 6) is 0.0490. The van der Waals surface area contributed by atoms with Gasteiger partial charge in [-0.3, -0.25) is 4.79 Å². The lowest BCUT2D eigenvalue weighted by Crippen LogP contribution is -2.61. The molecule has 0 aromatic carbocycles. The summed E-state index contributed by atoms with van der Waals surface area (Å²) in [4.78, 5) is 12.4. The maximum Gasteiger partial charge on any atom is 0.307 e. The van der Waals surface area contributed by atoms with Crippen molar-refractivity contribution in [2.45, 2.75) is 57.8 Å². The fourth-order valence-electron chi connectivity index (χ4n) is 7.99. The van der Waals surface area contributed by atoms with Crippen LogP contribution < -0.4 is 0 Å². The first kappa shape index (κ1) is 14.5. The van der Waals surface area contributed by atoms with Crippen molar-refractivity contribution in [1.82, 2.24) is 0 Å². The van der Waals surface area contributed by atoms with Crippen LogP contribution in [0.2, 0.25) is 0 Å². The van der Waals surface area contributed by atoms with Gasteiger partial charge in [-0.05, 0) is 67.6 Å². The summed E-state index contributed by atoms with van der Waals surface area (Å²) in [6.07, 6.45) is 5.10. The van der Waals surface area contributed by atoms with E-state index in [1.807, 2.05) is 0 Å². The molecule has 6 fully saturated rings. The van der Waals surface area contributed by atoms with Gasteiger partial charge in [-0.2, -0.15) is 0 Å². The number of allylic oxidation sites excluding steroid dienone is 1. The van der Waals surface area contributed by atoms with Gasteiger partial charge in [0.05, 0.1) is 12.0 Å². The van der Waals surface area contributed by atoms with Crippen LogP contribution in [0.5, 0.6) is 0 Å². The van der Waals surface area contributed by atoms with Gasteiger partial charge in [0.1, 0.15) is 0 Å². The molecule has 9 atom stereocenters. The molecular weight excluding hydrogens is 292 g/mol. The fraction of sp³-hybridized carbons (Fsp3) is 0.842. The Morgan fingerprint density at radius 1 is 1.35 bits per heavy atom. The standard InChI is InChI=1S/C19H26O4/c1-9-7-18-8-11(9)3-4-13(18)19-6-5-12(23-17(19)22)10(2)14(19)15(18)16(20)21/h10-15,17,22H,1,3-8H2,2H3,(H,20,21)/t10-,11+,12+,13+,14-,15+,17?,18-,19+/m0/s1. The fourth-order valence-corrected chi connectivity index (χ4v) is 7.99. The molecule has 126 valence electrons. The van der Waals surface area contributed by atoms with Crippen molar-refractivity contribution in [3.63, 3.8) is 0 Å². The number of aliphatic hydroxyl groups is 1. The van der Waals surface area contributed by atoms with E-state index in [1.54, 1.807) is 0 Å². The van der Waals surface area contributed by atoms with Gasteiger partial charge in [0.25, 0.3) is 0 Å². The first-order valence-electron chi connectivity index (χ1n) is 9.16. The summed E-state index contributed by atoms with van der Waals surface area (Å²) in [5, 5.41) is 21.0. The molecule has 2 aliphatic heterocycles. The Balaban J connectivity index is 1.73. The topological polar surface area (TPSA) is 66.8 Å². The van der Waals surface area contributed by atoms with E-state index in [0.717, 1.165) is 38.5 Å². The van der Waals surface area contributed by atoms with Crippen LogP contribution in [0, 0.1) is 40.4 Å². The summed E-state index contributed by atoms with van der Waals surface area (Å²) in [5.41, 5.74) is 0.729. The molecule has 1 unspecified atom stereocenters. The third-order valence-electron chi connectivity index (χ3n) is 8.55. The van der Waals surface area contributed by atoms with Crippen LogP contribution >= 0.6 is 0 Å². The van der Waals surface area contributed by atoms with Gasteiger partial charge in [-0.1, -0.05) is 19.1 Å². The van der Waals surface area contributed by atoms with Crippen LogP contribution in [0.4, 0.5) is 0 Å². The molecule has 4 saturated carbocycles. The summed E-state index contributed by atoms with van der Waals surface area (Å²) >= 11 is 0. The Kier molecular flexibility index (Phi) is 2.65. The molecule has 4 heteroatoms. The molecule has 4 nitrogen and oxygen atoms in total. The van der Waals surface area contributed by atoms with Crippen molar-refractivity contribution < 1.29 is 19.7 Å². The summed E-state index contributed by atoms with van der Waals surface area (Å²) in [6, 6.07) is 0. The van der Waals surface area contributed by atoms with Crippen LogP contribution in [0.1, 0.15) is 45.4 Å². The Morgan fingerprint density at radius 2 is 2.13 bits per heavy atom. The van der Waals surface area contributed by atoms with Crippen molar-refractivity contribution >= 4 is 5.97 Å². The number of aliphatic carboxylic acids is 1. The number of ether oxygens (including phenoxy) is 1. The number of hydrogen-bond acceptors (Lipinski definition) is 3. The van der Waals surface area contributed by atoms with Crippen LogP contribution in [-0.4, -0.2) is 28.6 Å². The smallest absolute Gasteiger partial charge is 0.307 e. The van der Waals surface area contributed by atoms with E-state index in [9.17, 15) is 15.0 Å². The van der Waals surface area contributed by atoms with Gasteiger partial charge in [0.15, 0.2) is 6.29 Å². The first-order chi connectivity index (χ1) is 10.9. The van der Waals surface area contributed by atoms with Crippen molar-refractivity contribution in [3.8, 4) is 0 Å². The average Bonchev–Trinajstić information content (AvgIpc) is 2.91. The predicted octanol–water partition coefficient (Wildman–Crippen LogP) is 2.81. The SMILES string of the molecule is C=C1C[C@]23C[C@H]1CC[C@H]2[C@@]12CC[C@@H](OC1O)[C@H](C)[C@H]2[C@@H]3C(=O)O. The third kappa shape index (κ3) is 1.41. The Bertz CT molecular complexity index is 600. The zero-order valence-corrected chi connectivity index (χ0v) is 13.7. The zero-order chi connectivity index (χ0) is 16.1. The molecule has 0 aromatic rings. The van der Waals surface area contributed by atoms with Gasteiger partial charge in [0, 0.05) is 5.41 Å². The maximum atomic E-state index is 12.4. The van der Waals surface area contributed by atoms with Crippen molar-refractivity contribution in [3.05, 3.63) is 12.2 Å². The minimum Gasteiger partial charge on any atom is -0.481 e. The molecule has 23 heavy (non-hydrogen) atoms. The first-order valence-corrected chi connectivity index (χ1v) is 9.16. The highest BCUT2D eigenvalue weighted by Crippen LogP contribution is 2.78. The number of carboxylic acid groups (broad SMARTS) is 1. The molecule has 4 bridgehead atoms. The van der Waals surface area contributed by atoms with E-state index < -0.39 is 12.3 Å². The molecular formula is C19H26O4. The van der Waals surface area contributed by atoms with E-state index in [4.69, 9.17) is 4.74 Å². The summed E-state index contributed by atoms with van der Waals surface area (Å²) < 4.78 is 5.95. The highest BCUT2D eigenvalue weighted by Gasteiger charge is 2.77. The van der Waals surface area contributed by atoms with Crippen molar-refractivity contribution in [2.75, 3.05) is 0 Å². The minimum absolute atomic E-state index is 0.0238. The van der Waals surface area contributed by atoms with E-state index in [0.29, 0.717) is 5.92 Å². The second-order valence-electron chi connectivity index (χ2n) is 8.98. The molecule has 0 amide bonds. The minimum atomic E-state index is -0.779. The van der Waals surface area contributed by atoms with Crippen LogP contribution in [0.3, 0.4) is 0 Å². The molecule has 6 rings (SSSR count). The summed E-state index contributed by atoms with van der Waals surface area (Å²) in [6.45, 7) is 6.43. The van der Waals surface area contributed by atoms with Crippen LogP contribution in [-0.2, 0) is 9.53 Å². The number of carboxylic acids is 1. The zero-order valence-electron chi connectivity index (χ0n) is 13.7. The number of fused-ring (bicyclic) bond motifs is 3. The second kappa shape index (κ2) is 4.20. The lowest BCUT2D eigenvalue weighted by Gasteiger charge is -2.58. The molecule has 2 heterocycles. The lowest BCUT2D eigenvalue weighted by molar-refractivity contribution is -0.314. The van der Waals surface area contributed by atoms with E-state index in [-0.39, 0.29) is 40.6 Å². The largest absolute Gasteiger partial charge is 0.481 e. The molecule has 0 radical (unpaired) electrons. The van der Waals surface area contributed by atoms with Gasteiger partial charge >= 0.3 is 5.97 Å². The van der Waals surface area contributed by atoms with Crippen molar-refractivity contribution in [2.24, 2.45) is 40.4 Å². The van der Waals surface area contributed by atoms with Crippen LogP contribution in [0.25, 0.3) is 0 Å². The third-order valence-corrected chi connectivity index (χ3v) is 8.55. The highest BCUT2D eigenvalue weighted by atomic mass is 16.6. The normalized spacial score (nSPS) is 59.7. The Morgan fingerprint density at radius 3 is 2.83 bits per heavy atom. The predicted molar refractivity (Wildman–Crippen MR) is 83.3 cm³/mol. The molecule has 2 spiro atoms. The van der Waals surface area contributed by atoms with Gasteiger partial charge in [-0.25, -0.2) is 0 Å². The van der Waals surface area contributed by atoms with Gasteiger partial charge in [-0.15, -0.1) is 0 Å². The van der Waals surface area contributed by atoms with Gasteiger partial charge < -0.3 is 14.9 Å².